The van der Waals surface area contributed by atoms with E-state index in [1.165, 1.54) is 19.9 Å². The van der Waals surface area contributed by atoms with Gasteiger partial charge in [0.05, 0.1) is 12.5 Å². The fourth-order valence-corrected chi connectivity index (χ4v) is 3.44. The Hall–Kier alpha value is -3.00. The first kappa shape index (κ1) is 23.3. The van der Waals surface area contributed by atoms with Crippen LogP contribution in [0.1, 0.15) is 33.6 Å². The van der Waals surface area contributed by atoms with Crippen molar-refractivity contribution in [3.63, 3.8) is 0 Å². The molecule has 8 nitrogen and oxygen atoms in total. The van der Waals surface area contributed by atoms with Crippen LogP contribution in [-0.4, -0.2) is 54.2 Å². The Bertz CT molecular complexity index is 832. The van der Waals surface area contributed by atoms with Crippen molar-refractivity contribution in [3.05, 3.63) is 47.1 Å². The Morgan fingerprint density at radius 1 is 1.33 bits per heavy atom. The van der Waals surface area contributed by atoms with Gasteiger partial charge < -0.3 is 19.3 Å². The van der Waals surface area contributed by atoms with Gasteiger partial charge in [0.25, 0.3) is 0 Å². The van der Waals surface area contributed by atoms with Gasteiger partial charge in [0.15, 0.2) is 0 Å². The Morgan fingerprint density at radius 2 is 2.03 bits per heavy atom. The maximum atomic E-state index is 12.4. The minimum Gasteiger partial charge on any atom is -0.458 e. The summed E-state index contributed by atoms with van der Waals surface area (Å²) in [5.41, 5.74) is 1.28. The Kier molecular flexibility index (Phi) is 7.88. The molecule has 1 fully saturated rings. The Balaban J connectivity index is 2.47. The van der Waals surface area contributed by atoms with E-state index in [4.69, 9.17) is 19.3 Å². The zero-order valence-corrected chi connectivity index (χ0v) is 17.3. The summed E-state index contributed by atoms with van der Waals surface area (Å²) in [6.07, 6.45) is 3.17. The summed E-state index contributed by atoms with van der Waals surface area (Å²) in [6.45, 7) is 7.96. The van der Waals surface area contributed by atoms with E-state index in [1.54, 1.807) is 19.1 Å². The van der Waals surface area contributed by atoms with Crippen LogP contribution in [0.2, 0.25) is 0 Å². The molecular weight excluding hydrogens is 392 g/mol. The first-order valence-electron chi connectivity index (χ1n) is 9.56. The third-order valence-electron chi connectivity index (χ3n) is 5.07. The molecule has 1 N–H and O–H groups in total. The summed E-state index contributed by atoms with van der Waals surface area (Å²) >= 11 is 0. The molecule has 1 aliphatic carbocycles. The van der Waals surface area contributed by atoms with Crippen molar-refractivity contribution in [1.29, 1.82) is 0 Å². The molecule has 0 amide bonds. The number of ether oxygens (including phenoxy) is 3. The topological polar surface area (TPSA) is 116 Å². The average Bonchev–Trinajstić information content (AvgIpc) is 2.95. The number of aliphatic hydroxyl groups excluding tert-OH is 1. The van der Waals surface area contributed by atoms with Crippen molar-refractivity contribution in [2.75, 3.05) is 6.61 Å². The van der Waals surface area contributed by atoms with Gasteiger partial charge in [0.2, 0.25) is 0 Å². The van der Waals surface area contributed by atoms with Crippen molar-refractivity contribution >= 4 is 24.2 Å². The van der Waals surface area contributed by atoms with Crippen LogP contribution in [0.5, 0.6) is 0 Å². The van der Waals surface area contributed by atoms with Crippen LogP contribution in [0.15, 0.2) is 47.1 Å². The lowest BCUT2D eigenvalue weighted by atomic mass is 9.85. The fourth-order valence-electron chi connectivity index (χ4n) is 3.44. The summed E-state index contributed by atoms with van der Waals surface area (Å²) in [4.78, 5) is 47.7. The highest BCUT2D eigenvalue weighted by molar-refractivity contribution is 5.92. The fraction of sp³-hybridized carbons (Fsp3) is 0.455. The van der Waals surface area contributed by atoms with Crippen molar-refractivity contribution in [3.8, 4) is 0 Å². The zero-order chi connectivity index (χ0) is 22.4. The summed E-state index contributed by atoms with van der Waals surface area (Å²) in [5, 5.41) is 9.00. The van der Waals surface area contributed by atoms with Gasteiger partial charge >= 0.3 is 17.9 Å². The van der Waals surface area contributed by atoms with Crippen molar-refractivity contribution in [2.24, 2.45) is 5.92 Å². The minimum absolute atomic E-state index is 0.0259. The first-order valence-corrected chi connectivity index (χ1v) is 9.56. The highest BCUT2D eigenvalue weighted by atomic mass is 16.6. The minimum atomic E-state index is -0.894. The highest BCUT2D eigenvalue weighted by Gasteiger charge is 2.45. The second-order valence-electron chi connectivity index (χ2n) is 7.28. The van der Waals surface area contributed by atoms with Gasteiger partial charge in [-0.25, -0.2) is 9.59 Å². The molecule has 1 unspecified atom stereocenters. The SMILES string of the molecule is C=C1C(=O)OC2/C=C(\C)[C@H](OC(C)=O)C/C=C(\C=O)C[C@@H](OC(=O)/C(C)=C/CO)[C@@H]12. The number of aliphatic hydroxyl groups is 1. The quantitative estimate of drug-likeness (QED) is 0.236. The molecule has 2 aliphatic rings. The second-order valence-corrected chi connectivity index (χ2v) is 7.28. The standard InChI is InChI=1S/C22H26O8/c1-12(7-8-23)21(26)29-19-10-16(11-24)5-6-17(28-15(4)25)13(2)9-18-20(19)14(3)22(27)30-18/h5,7,9,11,17-20,23H,3,6,8,10H2,1-2,4H3/b12-7+,13-9+,16-5-/t17-,18?,19-,20+/m1/s1. The summed E-state index contributed by atoms with van der Waals surface area (Å²) in [5.74, 6) is -2.51. The number of carbonyl (C=O) groups is 4. The molecule has 1 heterocycles. The van der Waals surface area contributed by atoms with Crippen LogP contribution >= 0.6 is 0 Å². The van der Waals surface area contributed by atoms with Crippen LogP contribution in [0, 0.1) is 5.92 Å². The summed E-state index contributed by atoms with van der Waals surface area (Å²) in [7, 11) is 0. The van der Waals surface area contributed by atoms with E-state index in [2.05, 4.69) is 6.58 Å². The van der Waals surface area contributed by atoms with Gasteiger partial charge in [0, 0.05) is 30.9 Å². The second kappa shape index (κ2) is 10.2. The van der Waals surface area contributed by atoms with Crippen molar-refractivity contribution in [1.82, 2.24) is 0 Å². The molecule has 8 heteroatoms. The van der Waals surface area contributed by atoms with Gasteiger partial charge in [-0.2, -0.15) is 0 Å². The molecule has 2 rings (SSSR count). The molecule has 4 atom stereocenters. The summed E-state index contributed by atoms with van der Waals surface area (Å²) in [6, 6.07) is 0. The highest BCUT2D eigenvalue weighted by Crippen LogP contribution is 2.36. The van der Waals surface area contributed by atoms with E-state index in [-0.39, 0.29) is 30.6 Å². The molecule has 0 saturated carbocycles. The lowest BCUT2D eigenvalue weighted by Gasteiger charge is -2.28. The lowest BCUT2D eigenvalue weighted by Crippen LogP contribution is -2.34. The maximum absolute atomic E-state index is 12.4. The predicted octanol–water partition coefficient (Wildman–Crippen LogP) is 1.73. The number of hydrogen-bond donors (Lipinski definition) is 1. The molecule has 0 bridgehead atoms. The monoisotopic (exact) mass is 418 g/mol. The number of esters is 3. The lowest BCUT2D eigenvalue weighted by molar-refractivity contribution is -0.148. The van der Waals surface area contributed by atoms with Crippen LogP contribution < -0.4 is 0 Å². The molecular formula is C22H26O8. The first-order chi connectivity index (χ1) is 14.2. The van der Waals surface area contributed by atoms with Gasteiger partial charge in [-0.1, -0.05) is 12.7 Å². The molecule has 0 aromatic rings. The number of carbonyl (C=O) groups excluding carboxylic acids is 4. The smallest absolute Gasteiger partial charge is 0.334 e. The molecule has 0 aromatic carbocycles. The van der Waals surface area contributed by atoms with Gasteiger partial charge in [0.1, 0.15) is 24.6 Å². The van der Waals surface area contributed by atoms with E-state index in [0.717, 1.165) is 0 Å². The van der Waals surface area contributed by atoms with E-state index < -0.39 is 42.1 Å². The van der Waals surface area contributed by atoms with Crippen molar-refractivity contribution in [2.45, 2.75) is 51.9 Å². The number of rotatable bonds is 5. The van der Waals surface area contributed by atoms with Crippen LogP contribution in [0.3, 0.4) is 0 Å². The average molecular weight is 418 g/mol. The Morgan fingerprint density at radius 3 is 2.63 bits per heavy atom. The maximum Gasteiger partial charge on any atom is 0.334 e. The van der Waals surface area contributed by atoms with Crippen LogP contribution in [0.25, 0.3) is 0 Å². The Labute approximate surface area is 174 Å². The van der Waals surface area contributed by atoms with E-state index in [9.17, 15) is 19.2 Å². The number of aldehydes is 1. The normalized spacial score (nSPS) is 30.7. The molecule has 0 aromatic heterocycles. The molecule has 0 spiro atoms. The van der Waals surface area contributed by atoms with Crippen LogP contribution in [-0.2, 0) is 33.4 Å². The van der Waals surface area contributed by atoms with Gasteiger partial charge in [-0.05, 0) is 37.1 Å². The molecule has 162 valence electrons. The zero-order valence-electron chi connectivity index (χ0n) is 17.3. The largest absolute Gasteiger partial charge is 0.458 e. The van der Waals surface area contributed by atoms with Gasteiger partial charge in [-0.3, -0.25) is 9.59 Å². The van der Waals surface area contributed by atoms with Crippen molar-refractivity contribution < 1.29 is 38.5 Å². The van der Waals surface area contributed by atoms with Crippen LogP contribution in [0.4, 0.5) is 0 Å². The van der Waals surface area contributed by atoms with Gasteiger partial charge in [-0.15, -0.1) is 0 Å². The van der Waals surface area contributed by atoms with E-state index >= 15 is 0 Å². The predicted molar refractivity (Wildman–Crippen MR) is 106 cm³/mol. The van der Waals surface area contributed by atoms with E-state index in [1.807, 2.05) is 0 Å². The molecule has 1 saturated heterocycles. The number of fused-ring (bicyclic) bond motifs is 1. The third-order valence-corrected chi connectivity index (χ3v) is 5.07. The summed E-state index contributed by atoms with van der Waals surface area (Å²) < 4.78 is 16.3. The molecule has 30 heavy (non-hydrogen) atoms. The van der Waals surface area contributed by atoms with E-state index in [0.29, 0.717) is 17.4 Å². The third kappa shape index (κ3) is 5.54. The molecule has 0 radical (unpaired) electrons. The number of hydrogen-bond acceptors (Lipinski definition) is 8. The molecule has 1 aliphatic heterocycles.